The van der Waals surface area contributed by atoms with Crippen LogP contribution in [0.3, 0.4) is 0 Å². The summed E-state index contributed by atoms with van der Waals surface area (Å²) in [5, 5.41) is 17.9. The van der Waals surface area contributed by atoms with E-state index in [1.807, 2.05) is 24.3 Å². The molecule has 3 heterocycles. The van der Waals surface area contributed by atoms with Gasteiger partial charge >= 0.3 is 0 Å². The first-order valence-corrected chi connectivity index (χ1v) is 12.9. The number of anilines is 2. The number of likely N-dealkylation sites (N-methyl/N-ethyl adjacent to an activating group) is 1. The monoisotopic (exact) mass is 568 g/mol. The molecule has 0 saturated carbocycles. The Bertz CT molecular complexity index is 1360. The molecule has 0 fully saturated rings. The van der Waals surface area contributed by atoms with E-state index in [0.717, 1.165) is 5.69 Å². The lowest BCUT2D eigenvalue weighted by Crippen LogP contribution is -2.37. The lowest BCUT2D eigenvalue weighted by molar-refractivity contribution is -0.114. The molecule has 0 saturated heterocycles. The third-order valence-electron chi connectivity index (χ3n) is 5.57. The Hall–Kier alpha value is -4.35. The largest absolute Gasteiger partial charge is 0.506 e. The maximum Gasteiger partial charge on any atom is 0.253 e. The number of carbonyl (C=O) groups excluding carboxylic acids is 1. The number of amidine groups is 2. The molecule has 13 heteroatoms. The van der Waals surface area contributed by atoms with Gasteiger partial charge in [-0.1, -0.05) is 0 Å². The van der Waals surface area contributed by atoms with Gasteiger partial charge in [0.2, 0.25) is 0 Å². The Labute approximate surface area is 235 Å². The second-order valence-electron chi connectivity index (χ2n) is 8.09. The number of benzene rings is 1. The first kappa shape index (κ1) is 27.7. The molecule has 0 unspecified atom stereocenters. The summed E-state index contributed by atoms with van der Waals surface area (Å²) in [6.07, 6.45) is 5.55. The Morgan fingerprint density at radius 3 is 2.36 bits per heavy atom. The van der Waals surface area contributed by atoms with Crippen molar-refractivity contribution < 1.29 is 14.6 Å². The van der Waals surface area contributed by atoms with Crippen LogP contribution in [0.15, 0.2) is 83.5 Å². The van der Waals surface area contributed by atoms with Crippen molar-refractivity contribution in [3.8, 4) is 11.5 Å². The van der Waals surface area contributed by atoms with E-state index in [0.29, 0.717) is 59.3 Å². The van der Waals surface area contributed by atoms with Crippen molar-refractivity contribution >= 4 is 52.2 Å². The summed E-state index contributed by atoms with van der Waals surface area (Å²) in [6, 6.07) is 14.0. The molecule has 0 spiro atoms. The zero-order valence-electron chi connectivity index (χ0n) is 21.0. The van der Waals surface area contributed by atoms with Crippen molar-refractivity contribution in [2.45, 2.75) is 0 Å². The normalized spacial score (nSPS) is 12.7. The number of carbonyl (C=O) groups is 1. The summed E-state index contributed by atoms with van der Waals surface area (Å²) < 4.78 is 5.63. The molecule has 4 rings (SSSR count). The lowest BCUT2D eigenvalue weighted by atomic mass is 10.2. The molecule has 1 aliphatic heterocycles. The van der Waals surface area contributed by atoms with Gasteiger partial charge in [-0.3, -0.25) is 20.6 Å². The van der Waals surface area contributed by atoms with Gasteiger partial charge in [-0.15, -0.1) is 23.2 Å². The number of hydrogen-bond acceptors (Lipinski definition) is 10. The summed E-state index contributed by atoms with van der Waals surface area (Å²) in [5.41, 5.74) is 8.03. The predicted octanol–water partition coefficient (Wildman–Crippen LogP) is 3.24. The Morgan fingerprint density at radius 2 is 1.72 bits per heavy atom. The van der Waals surface area contributed by atoms with Crippen LogP contribution in [-0.2, 0) is 4.79 Å². The van der Waals surface area contributed by atoms with Gasteiger partial charge in [0, 0.05) is 49.9 Å². The van der Waals surface area contributed by atoms with E-state index in [1.54, 1.807) is 31.4 Å². The summed E-state index contributed by atoms with van der Waals surface area (Å²) in [4.78, 5) is 24.9. The fraction of sp³-hybridized carbons (Fsp3) is 0.192. The van der Waals surface area contributed by atoms with E-state index < -0.39 is 0 Å². The summed E-state index contributed by atoms with van der Waals surface area (Å²) >= 11 is 11.8. The molecule has 3 N–H and O–H groups in total. The molecule has 1 aliphatic rings. The van der Waals surface area contributed by atoms with Crippen molar-refractivity contribution in [2.75, 3.05) is 41.7 Å². The Kier molecular flexibility index (Phi) is 9.54. The molecule has 0 radical (unpaired) electrons. The van der Waals surface area contributed by atoms with Crippen LogP contribution in [0.5, 0.6) is 11.5 Å². The summed E-state index contributed by atoms with van der Waals surface area (Å²) in [5.74, 6) is 1.95. The highest BCUT2D eigenvalue weighted by Gasteiger charge is 2.20. The molecule has 39 heavy (non-hydrogen) atoms. The van der Waals surface area contributed by atoms with Gasteiger partial charge < -0.3 is 19.6 Å². The molecule has 1 amide bonds. The zero-order valence-corrected chi connectivity index (χ0v) is 22.5. The molecule has 0 aliphatic carbocycles. The number of hydrazone groups is 2. The van der Waals surface area contributed by atoms with Gasteiger partial charge in [-0.05, 0) is 48.5 Å². The third-order valence-corrected chi connectivity index (χ3v) is 5.90. The van der Waals surface area contributed by atoms with Gasteiger partial charge in [-0.25, -0.2) is 4.98 Å². The molecule has 1 aromatic carbocycles. The van der Waals surface area contributed by atoms with E-state index in [9.17, 15) is 9.90 Å². The van der Waals surface area contributed by atoms with E-state index in [2.05, 4.69) is 35.9 Å². The number of ether oxygens (including phenoxy) is 1. The lowest BCUT2D eigenvalue weighted by Gasteiger charge is -2.22. The van der Waals surface area contributed by atoms with Gasteiger partial charge in [0.05, 0.1) is 18.1 Å². The number of nitrogens with zero attached hydrogens (tertiary/aromatic N) is 6. The third kappa shape index (κ3) is 7.15. The maximum atomic E-state index is 12.9. The van der Waals surface area contributed by atoms with Crippen LogP contribution in [-0.4, -0.2) is 64.6 Å². The van der Waals surface area contributed by atoms with Crippen LogP contribution in [0.1, 0.15) is 11.4 Å². The molecule has 3 aromatic rings. The molecule has 2 aromatic heterocycles. The molecular formula is C26H26Cl2N8O3. The van der Waals surface area contributed by atoms with Crippen LogP contribution in [0.4, 0.5) is 11.4 Å². The minimum Gasteiger partial charge on any atom is -0.506 e. The SMILES string of the molecule is CN(C(=O)/C=C/Oc1ccc(N(CCCl)CCCl)cc1)c1cccnc1C1=NNC(c2ccc(O)cn2)=NN1. The average molecular weight is 569 g/mol. The van der Waals surface area contributed by atoms with Gasteiger partial charge in [0.1, 0.15) is 22.9 Å². The quantitative estimate of drug-likeness (QED) is 0.183. The van der Waals surface area contributed by atoms with Gasteiger partial charge in [-0.2, -0.15) is 10.2 Å². The second kappa shape index (κ2) is 13.4. The number of nitrogens with one attached hydrogen (secondary N) is 2. The van der Waals surface area contributed by atoms with Crippen LogP contribution in [0.25, 0.3) is 0 Å². The Morgan fingerprint density at radius 1 is 1.00 bits per heavy atom. The molecule has 202 valence electrons. The number of pyridine rings is 2. The van der Waals surface area contributed by atoms with Crippen molar-refractivity contribution in [1.29, 1.82) is 0 Å². The van der Waals surface area contributed by atoms with Crippen molar-refractivity contribution in [3.63, 3.8) is 0 Å². The Balaban J connectivity index is 1.39. The van der Waals surface area contributed by atoms with Crippen molar-refractivity contribution in [3.05, 3.63) is 84.7 Å². The highest BCUT2D eigenvalue weighted by Crippen LogP contribution is 2.21. The number of halogens is 2. The maximum absolute atomic E-state index is 12.9. The smallest absolute Gasteiger partial charge is 0.253 e. The first-order chi connectivity index (χ1) is 19.0. The highest BCUT2D eigenvalue weighted by atomic mass is 35.5. The minimum absolute atomic E-state index is 0.0445. The van der Waals surface area contributed by atoms with E-state index in [1.165, 1.54) is 29.5 Å². The molecular weight excluding hydrogens is 543 g/mol. The topological polar surface area (TPSA) is 128 Å². The molecule has 11 nitrogen and oxygen atoms in total. The van der Waals surface area contributed by atoms with Crippen LogP contribution in [0.2, 0.25) is 0 Å². The minimum atomic E-state index is -0.335. The number of alkyl halides is 2. The summed E-state index contributed by atoms with van der Waals surface area (Å²) in [7, 11) is 1.62. The van der Waals surface area contributed by atoms with E-state index >= 15 is 0 Å². The fourth-order valence-corrected chi connectivity index (χ4v) is 3.98. The summed E-state index contributed by atoms with van der Waals surface area (Å²) in [6.45, 7) is 1.37. The van der Waals surface area contributed by atoms with Crippen LogP contribution < -0.4 is 25.4 Å². The molecule has 0 bridgehead atoms. The zero-order chi connectivity index (χ0) is 27.6. The fourth-order valence-electron chi connectivity index (χ4n) is 3.58. The van der Waals surface area contributed by atoms with Crippen LogP contribution in [0, 0.1) is 0 Å². The van der Waals surface area contributed by atoms with E-state index in [4.69, 9.17) is 27.9 Å². The highest BCUT2D eigenvalue weighted by molar-refractivity contribution is 6.18. The number of amides is 1. The number of aromatic hydroxyl groups is 1. The standard InChI is InChI=1S/C26H26Cl2N8O3/c1-35(23(38)10-16-39-20-7-4-18(5-8-20)36(14-11-27)15-12-28)22-3-2-13-29-24(22)26-33-31-25(32-34-26)21-9-6-19(37)17-30-21/h2-10,13,16-17,37H,11-12,14-15H2,1H3,(H,31,32)(H,33,34)/b16-10+. The van der Waals surface area contributed by atoms with Crippen LogP contribution >= 0.6 is 23.2 Å². The molecule has 0 atom stereocenters. The second-order valence-corrected chi connectivity index (χ2v) is 8.85. The van der Waals surface area contributed by atoms with Crippen molar-refractivity contribution in [2.24, 2.45) is 10.2 Å². The number of aromatic nitrogens is 2. The predicted molar refractivity (Wildman–Crippen MR) is 153 cm³/mol. The number of rotatable bonds is 11. The van der Waals surface area contributed by atoms with Crippen molar-refractivity contribution in [1.82, 2.24) is 20.8 Å². The van der Waals surface area contributed by atoms with Gasteiger partial charge in [0.25, 0.3) is 5.91 Å². The first-order valence-electron chi connectivity index (χ1n) is 11.9. The number of hydrogen-bond donors (Lipinski definition) is 3. The van der Waals surface area contributed by atoms with Gasteiger partial charge in [0.15, 0.2) is 11.7 Å². The average Bonchev–Trinajstić information content (AvgIpc) is 2.97. The van der Waals surface area contributed by atoms with E-state index in [-0.39, 0.29) is 11.7 Å².